The van der Waals surface area contributed by atoms with Gasteiger partial charge < -0.3 is 16.0 Å². The maximum Gasteiger partial charge on any atom is 0.242 e. The summed E-state index contributed by atoms with van der Waals surface area (Å²) in [6.45, 7) is 8.04. The molecule has 188 valence electrons. The highest BCUT2D eigenvalue weighted by Crippen LogP contribution is 2.27. The number of para-hydroxylation sites is 1. The highest BCUT2D eigenvalue weighted by molar-refractivity contribution is 7.89. The Balaban J connectivity index is 1.35. The van der Waals surface area contributed by atoms with Crippen LogP contribution in [0.5, 0.6) is 0 Å². The van der Waals surface area contributed by atoms with Gasteiger partial charge in [-0.1, -0.05) is 18.2 Å². The molecule has 35 heavy (non-hydrogen) atoms. The van der Waals surface area contributed by atoms with Gasteiger partial charge in [0.1, 0.15) is 4.90 Å². The number of hydrogen-bond acceptors (Lipinski definition) is 9. The zero-order chi connectivity index (χ0) is 24.8. The third kappa shape index (κ3) is 6.34. The standard InChI is InChI=1S/C24H34N8O2S/c1-4-25-22-29-23(26-5-2)31-24(30-22)27-15-17-10-13-19(14-11-17)32-35(33,34)20-8-6-7-18-12-9-16(3)28-21(18)20/h6-9,12,17,19,32H,4-5,10-11,13-15H2,1-3H3,(H3,25,26,27,29,30,31). The maximum atomic E-state index is 13.2. The van der Waals surface area contributed by atoms with Crippen LogP contribution in [0.1, 0.15) is 45.2 Å². The largest absolute Gasteiger partial charge is 0.354 e. The number of hydrogen-bond donors (Lipinski definition) is 4. The molecule has 1 fully saturated rings. The van der Waals surface area contributed by atoms with E-state index in [1.807, 2.05) is 39.0 Å². The van der Waals surface area contributed by atoms with E-state index in [-0.39, 0.29) is 10.9 Å². The van der Waals surface area contributed by atoms with E-state index in [0.717, 1.165) is 56.4 Å². The van der Waals surface area contributed by atoms with Crippen molar-refractivity contribution in [3.63, 3.8) is 0 Å². The third-order valence-corrected chi connectivity index (χ3v) is 7.69. The van der Waals surface area contributed by atoms with Crippen molar-refractivity contribution in [2.45, 2.75) is 57.4 Å². The van der Waals surface area contributed by atoms with Gasteiger partial charge in [-0.05, 0) is 64.5 Å². The molecule has 0 radical (unpaired) electrons. The van der Waals surface area contributed by atoms with Crippen molar-refractivity contribution in [1.82, 2.24) is 24.7 Å². The van der Waals surface area contributed by atoms with E-state index in [2.05, 4.69) is 40.6 Å². The summed E-state index contributed by atoms with van der Waals surface area (Å²) in [5.74, 6) is 2.03. The number of aromatic nitrogens is 4. The number of nitrogens with zero attached hydrogens (tertiary/aromatic N) is 4. The van der Waals surface area contributed by atoms with Crippen LogP contribution in [0, 0.1) is 12.8 Å². The summed E-state index contributed by atoms with van der Waals surface area (Å²) >= 11 is 0. The van der Waals surface area contributed by atoms with Crippen LogP contribution in [0.3, 0.4) is 0 Å². The van der Waals surface area contributed by atoms with Crippen LogP contribution in [0.15, 0.2) is 35.2 Å². The minimum Gasteiger partial charge on any atom is -0.354 e. The molecular weight excluding hydrogens is 464 g/mol. The molecule has 2 aromatic heterocycles. The molecule has 4 N–H and O–H groups in total. The maximum absolute atomic E-state index is 13.2. The predicted octanol–water partition coefficient (Wildman–Crippen LogP) is 3.54. The molecule has 0 spiro atoms. The summed E-state index contributed by atoms with van der Waals surface area (Å²) in [7, 11) is -3.67. The van der Waals surface area contributed by atoms with Gasteiger partial charge >= 0.3 is 0 Å². The smallest absolute Gasteiger partial charge is 0.242 e. The number of anilines is 3. The van der Waals surface area contributed by atoms with Crippen molar-refractivity contribution >= 4 is 38.8 Å². The van der Waals surface area contributed by atoms with Gasteiger partial charge in [0.25, 0.3) is 0 Å². The second-order valence-corrected chi connectivity index (χ2v) is 10.5. The number of sulfonamides is 1. The second kappa shape index (κ2) is 11.1. The van der Waals surface area contributed by atoms with Crippen molar-refractivity contribution in [2.75, 3.05) is 35.6 Å². The van der Waals surface area contributed by atoms with E-state index in [9.17, 15) is 8.42 Å². The van der Waals surface area contributed by atoms with E-state index in [4.69, 9.17) is 0 Å². The van der Waals surface area contributed by atoms with Gasteiger partial charge in [-0.2, -0.15) is 15.0 Å². The molecular formula is C24H34N8O2S. The van der Waals surface area contributed by atoms with Gasteiger partial charge in [-0.15, -0.1) is 0 Å². The van der Waals surface area contributed by atoms with Crippen LogP contribution in [0.2, 0.25) is 0 Å². The van der Waals surface area contributed by atoms with E-state index < -0.39 is 10.0 Å². The monoisotopic (exact) mass is 498 g/mol. The van der Waals surface area contributed by atoms with Gasteiger partial charge in [-0.25, -0.2) is 13.1 Å². The number of nitrogens with one attached hydrogen (secondary N) is 4. The van der Waals surface area contributed by atoms with E-state index in [1.54, 1.807) is 12.1 Å². The van der Waals surface area contributed by atoms with Crippen LogP contribution in [-0.2, 0) is 10.0 Å². The van der Waals surface area contributed by atoms with Crippen LogP contribution in [0.25, 0.3) is 10.9 Å². The van der Waals surface area contributed by atoms with Crippen LogP contribution in [0.4, 0.5) is 17.8 Å². The summed E-state index contributed by atoms with van der Waals surface area (Å²) in [4.78, 5) is 17.9. The molecule has 4 rings (SSSR count). The summed E-state index contributed by atoms with van der Waals surface area (Å²) in [5, 5.41) is 10.4. The van der Waals surface area contributed by atoms with Crippen LogP contribution >= 0.6 is 0 Å². The van der Waals surface area contributed by atoms with Gasteiger partial charge in [0, 0.05) is 36.8 Å². The Labute approximate surface area is 206 Å². The van der Waals surface area contributed by atoms with Crippen molar-refractivity contribution < 1.29 is 8.42 Å². The summed E-state index contributed by atoms with van der Waals surface area (Å²) < 4.78 is 29.3. The molecule has 0 saturated heterocycles. The molecule has 1 saturated carbocycles. The topological polar surface area (TPSA) is 134 Å². The minimum absolute atomic E-state index is 0.0887. The van der Waals surface area contributed by atoms with Crippen LogP contribution in [-0.4, -0.2) is 54.0 Å². The fraction of sp³-hybridized carbons (Fsp3) is 0.500. The Kier molecular flexibility index (Phi) is 7.97. The number of rotatable bonds is 10. The molecule has 1 aromatic carbocycles. The third-order valence-electron chi connectivity index (χ3n) is 6.13. The minimum atomic E-state index is -3.67. The molecule has 2 heterocycles. The molecule has 0 bridgehead atoms. The Morgan fingerprint density at radius 1 is 0.829 bits per heavy atom. The van der Waals surface area contributed by atoms with Crippen LogP contribution < -0.4 is 20.7 Å². The first-order valence-electron chi connectivity index (χ1n) is 12.2. The average molecular weight is 499 g/mol. The van der Waals surface area contributed by atoms with Crippen molar-refractivity contribution in [3.05, 3.63) is 36.0 Å². The van der Waals surface area contributed by atoms with E-state index in [1.165, 1.54) is 0 Å². The number of pyridine rings is 1. The zero-order valence-electron chi connectivity index (χ0n) is 20.5. The highest BCUT2D eigenvalue weighted by atomic mass is 32.2. The molecule has 10 nitrogen and oxygen atoms in total. The molecule has 1 aliphatic carbocycles. The van der Waals surface area contributed by atoms with Gasteiger partial charge in [0.15, 0.2) is 0 Å². The van der Waals surface area contributed by atoms with Crippen molar-refractivity contribution in [3.8, 4) is 0 Å². The summed E-state index contributed by atoms with van der Waals surface area (Å²) in [6.07, 6.45) is 3.40. The molecule has 0 atom stereocenters. The Morgan fingerprint density at radius 2 is 1.46 bits per heavy atom. The first kappa shape index (κ1) is 25.1. The lowest BCUT2D eigenvalue weighted by molar-refractivity contribution is 0.323. The Morgan fingerprint density at radius 3 is 2.09 bits per heavy atom. The molecule has 0 aliphatic heterocycles. The van der Waals surface area contributed by atoms with Gasteiger partial charge in [-0.3, -0.25) is 4.98 Å². The van der Waals surface area contributed by atoms with Crippen molar-refractivity contribution in [2.24, 2.45) is 5.92 Å². The first-order chi connectivity index (χ1) is 16.9. The molecule has 11 heteroatoms. The fourth-order valence-electron chi connectivity index (χ4n) is 4.37. The normalized spacial score (nSPS) is 18.4. The summed E-state index contributed by atoms with van der Waals surface area (Å²) in [6, 6.07) is 8.98. The van der Waals surface area contributed by atoms with Gasteiger partial charge in [0.2, 0.25) is 27.9 Å². The highest BCUT2D eigenvalue weighted by Gasteiger charge is 2.27. The van der Waals surface area contributed by atoms with Crippen molar-refractivity contribution in [1.29, 1.82) is 0 Å². The molecule has 1 aliphatic rings. The lowest BCUT2D eigenvalue weighted by Crippen LogP contribution is -2.38. The summed E-state index contributed by atoms with van der Waals surface area (Å²) in [5.41, 5.74) is 1.31. The average Bonchev–Trinajstić information content (AvgIpc) is 2.83. The molecule has 3 aromatic rings. The SMILES string of the molecule is CCNc1nc(NCC)nc(NCC2CCC(NS(=O)(=O)c3cccc4ccc(C)nc34)CC2)n1. The lowest BCUT2D eigenvalue weighted by Gasteiger charge is -2.29. The number of aryl methyl sites for hydroxylation is 1. The predicted molar refractivity (Wildman–Crippen MR) is 139 cm³/mol. The number of benzene rings is 1. The second-order valence-electron chi connectivity index (χ2n) is 8.87. The van der Waals surface area contributed by atoms with Gasteiger partial charge in [0.05, 0.1) is 5.52 Å². The Hall–Kier alpha value is -3.05. The number of fused-ring (bicyclic) bond motifs is 1. The Bertz CT molecular complexity index is 1240. The van der Waals surface area contributed by atoms with E-state index in [0.29, 0.717) is 29.3 Å². The quantitative estimate of drug-likeness (QED) is 0.331. The fourth-order valence-corrected chi connectivity index (χ4v) is 5.84. The lowest BCUT2D eigenvalue weighted by atomic mass is 9.86. The molecule has 0 amide bonds. The molecule has 0 unspecified atom stereocenters. The first-order valence-corrected chi connectivity index (χ1v) is 13.7. The zero-order valence-corrected chi connectivity index (χ0v) is 21.3. The van der Waals surface area contributed by atoms with E-state index >= 15 is 0 Å².